The molecule has 20 heavy (non-hydrogen) atoms. The van der Waals surface area contributed by atoms with Gasteiger partial charge in [-0.3, -0.25) is 4.99 Å². The summed E-state index contributed by atoms with van der Waals surface area (Å²) in [6.07, 6.45) is 1.68. The molecule has 2 aromatic heterocycles. The maximum atomic E-state index is 5.47. The molecule has 0 aromatic carbocycles. The molecule has 0 spiro atoms. The zero-order valence-electron chi connectivity index (χ0n) is 12.0. The Bertz CT molecular complexity index is 545. The number of aliphatic imine (C=N–C) groups is 1. The van der Waals surface area contributed by atoms with Crippen LogP contribution >= 0.6 is 11.3 Å². The van der Waals surface area contributed by atoms with E-state index in [4.69, 9.17) is 4.42 Å². The van der Waals surface area contributed by atoms with Crippen LogP contribution in [0, 0.1) is 5.92 Å². The third kappa shape index (κ3) is 4.09. The van der Waals surface area contributed by atoms with E-state index in [1.807, 2.05) is 17.5 Å². The van der Waals surface area contributed by atoms with Crippen LogP contribution in [-0.2, 0) is 6.54 Å². The number of thiophene rings is 1. The fourth-order valence-electron chi connectivity index (χ4n) is 1.60. The van der Waals surface area contributed by atoms with E-state index in [0.29, 0.717) is 18.4 Å². The first-order valence-corrected chi connectivity index (χ1v) is 7.49. The van der Waals surface area contributed by atoms with E-state index in [0.717, 1.165) is 23.1 Å². The van der Waals surface area contributed by atoms with Gasteiger partial charge in [0.2, 0.25) is 5.89 Å². The molecule has 0 aliphatic carbocycles. The van der Waals surface area contributed by atoms with E-state index in [2.05, 4.69) is 34.5 Å². The van der Waals surface area contributed by atoms with Crippen LogP contribution in [0.4, 0.5) is 0 Å². The highest BCUT2D eigenvalue weighted by Gasteiger charge is 2.08. The predicted octanol–water partition coefficient (Wildman–Crippen LogP) is 2.72. The molecule has 2 heterocycles. The maximum Gasteiger partial charge on any atom is 0.236 e. The Morgan fingerprint density at radius 1 is 1.45 bits per heavy atom. The molecule has 0 bridgehead atoms. The lowest BCUT2D eigenvalue weighted by atomic mass is 10.2. The molecule has 5 nitrogen and oxygen atoms in total. The smallest absolute Gasteiger partial charge is 0.236 e. The highest BCUT2D eigenvalue weighted by atomic mass is 32.1. The minimum Gasteiger partial charge on any atom is -0.443 e. The SMILES string of the molecule is CN=C(NCc1coc(-c2cccs2)n1)NCC(C)C. The number of nitrogens with one attached hydrogen (secondary N) is 2. The van der Waals surface area contributed by atoms with E-state index in [1.165, 1.54) is 0 Å². The molecule has 6 heteroatoms. The summed E-state index contributed by atoms with van der Waals surface area (Å²) in [6.45, 7) is 5.79. The Kier molecular flexibility index (Phi) is 5.17. The first-order valence-electron chi connectivity index (χ1n) is 6.62. The number of rotatable bonds is 5. The monoisotopic (exact) mass is 292 g/mol. The van der Waals surface area contributed by atoms with Gasteiger partial charge in [0.15, 0.2) is 5.96 Å². The van der Waals surface area contributed by atoms with Gasteiger partial charge in [0, 0.05) is 13.6 Å². The molecule has 0 aliphatic heterocycles. The largest absolute Gasteiger partial charge is 0.443 e. The van der Waals surface area contributed by atoms with Gasteiger partial charge in [0.05, 0.1) is 17.1 Å². The molecule has 0 amide bonds. The van der Waals surface area contributed by atoms with Crippen LogP contribution in [0.2, 0.25) is 0 Å². The number of hydrogen-bond acceptors (Lipinski definition) is 4. The molecule has 2 rings (SSSR count). The van der Waals surface area contributed by atoms with Crippen LogP contribution in [0.25, 0.3) is 10.8 Å². The maximum absolute atomic E-state index is 5.47. The van der Waals surface area contributed by atoms with Gasteiger partial charge in [-0.15, -0.1) is 11.3 Å². The summed E-state index contributed by atoms with van der Waals surface area (Å²) in [4.78, 5) is 9.66. The highest BCUT2D eigenvalue weighted by molar-refractivity contribution is 7.13. The number of hydrogen-bond donors (Lipinski definition) is 2. The first kappa shape index (κ1) is 14.6. The lowest BCUT2D eigenvalue weighted by molar-refractivity contribution is 0.573. The standard InChI is InChI=1S/C14H20N4OS/c1-10(2)7-16-14(15-3)17-8-11-9-19-13(18-11)12-5-4-6-20-12/h4-6,9-10H,7-8H2,1-3H3,(H2,15,16,17). The Morgan fingerprint density at radius 3 is 2.95 bits per heavy atom. The fourth-order valence-corrected chi connectivity index (χ4v) is 2.25. The van der Waals surface area contributed by atoms with Crippen molar-refractivity contribution in [3.8, 4) is 10.8 Å². The third-order valence-corrected chi connectivity index (χ3v) is 3.48. The molecule has 2 aromatic rings. The number of aromatic nitrogens is 1. The molecule has 0 fully saturated rings. The second-order valence-electron chi connectivity index (χ2n) is 4.82. The molecule has 0 saturated carbocycles. The van der Waals surface area contributed by atoms with Crippen molar-refractivity contribution in [1.29, 1.82) is 0 Å². The van der Waals surface area contributed by atoms with Crippen molar-refractivity contribution < 1.29 is 4.42 Å². The number of oxazole rings is 1. The number of guanidine groups is 1. The van der Waals surface area contributed by atoms with E-state index >= 15 is 0 Å². The first-order chi connectivity index (χ1) is 9.69. The minimum atomic E-state index is 0.575. The van der Waals surface area contributed by atoms with Gasteiger partial charge in [-0.05, 0) is 17.4 Å². The summed E-state index contributed by atoms with van der Waals surface area (Å²) in [7, 11) is 1.76. The van der Waals surface area contributed by atoms with Crippen molar-refractivity contribution in [1.82, 2.24) is 15.6 Å². The normalized spacial score (nSPS) is 11.9. The van der Waals surface area contributed by atoms with Crippen molar-refractivity contribution in [2.24, 2.45) is 10.9 Å². The van der Waals surface area contributed by atoms with Gasteiger partial charge >= 0.3 is 0 Å². The Hall–Kier alpha value is -1.82. The van der Waals surface area contributed by atoms with Crippen molar-refractivity contribution >= 4 is 17.3 Å². The second-order valence-corrected chi connectivity index (χ2v) is 5.77. The summed E-state index contributed by atoms with van der Waals surface area (Å²) >= 11 is 1.62. The van der Waals surface area contributed by atoms with E-state index in [9.17, 15) is 0 Å². The molecule has 0 aliphatic rings. The average Bonchev–Trinajstić information content (AvgIpc) is 3.09. The lowest BCUT2D eigenvalue weighted by Crippen LogP contribution is -2.38. The van der Waals surface area contributed by atoms with Crippen molar-refractivity contribution in [2.45, 2.75) is 20.4 Å². The topological polar surface area (TPSA) is 62.5 Å². The zero-order chi connectivity index (χ0) is 14.4. The number of nitrogens with zero attached hydrogens (tertiary/aromatic N) is 2. The minimum absolute atomic E-state index is 0.575. The Balaban J connectivity index is 1.87. The zero-order valence-corrected chi connectivity index (χ0v) is 12.8. The quantitative estimate of drug-likeness (QED) is 0.657. The summed E-state index contributed by atoms with van der Waals surface area (Å²) < 4.78 is 5.47. The summed E-state index contributed by atoms with van der Waals surface area (Å²) in [5, 5.41) is 8.48. The molecular formula is C14H20N4OS. The van der Waals surface area contributed by atoms with E-state index in [-0.39, 0.29) is 0 Å². The van der Waals surface area contributed by atoms with Gasteiger partial charge in [-0.25, -0.2) is 4.98 Å². The van der Waals surface area contributed by atoms with Gasteiger partial charge < -0.3 is 15.1 Å². The van der Waals surface area contributed by atoms with Crippen LogP contribution in [0.3, 0.4) is 0 Å². The summed E-state index contributed by atoms with van der Waals surface area (Å²) in [6, 6.07) is 3.98. The fraction of sp³-hybridized carbons (Fsp3) is 0.429. The lowest BCUT2D eigenvalue weighted by Gasteiger charge is -2.12. The average molecular weight is 292 g/mol. The summed E-state index contributed by atoms with van der Waals surface area (Å²) in [5.41, 5.74) is 0.862. The van der Waals surface area contributed by atoms with E-state index < -0.39 is 0 Å². The molecule has 0 radical (unpaired) electrons. The van der Waals surface area contributed by atoms with Crippen molar-refractivity contribution in [2.75, 3.05) is 13.6 Å². The van der Waals surface area contributed by atoms with E-state index in [1.54, 1.807) is 24.6 Å². The second kappa shape index (κ2) is 7.09. The van der Waals surface area contributed by atoms with Crippen molar-refractivity contribution in [3.63, 3.8) is 0 Å². The summed E-state index contributed by atoms with van der Waals surface area (Å²) in [5.74, 6) is 2.02. The van der Waals surface area contributed by atoms with Crippen LogP contribution in [-0.4, -0.2) is 24.5 Å². The van der Waals surface area contributed by atoms with Gasteiger partial charge in [0.25, 0.3) is 0 Å². The third-order valence-electron chi connectivity index (χ3n) is 2.62. The molecule has 108 valence electrons. The van der Waals surface area contributed by atoms with Gasteiger partial charge in [-0.1, -0.05) is 19.9 Å². The van der Waals surface area contributed by atoms with Crippen LogP contribution in [0.1, 0.15) is 19.5 Å². The molecule has 2 N–H and O–H groups in total. The van der Waals surface area contributed by atoms with Crippen molar-refractivity contribution in [3.05, 3.63) is 29.5 Å². The van der Waals surface area contributed by atoms with Gasteiger partial charge in [0.1, 0.15) is 6.26 Å². The molecule has 0 saturated heterocycles. The predicted molar refractivity (Wildman–Crippen MR) is 82.9 cm³/mol. The molecule has 0 unspecified atom stereocenters. The Labute approximate surface area is 123 Å². The van der Waals surface area contributed by atoms with Crippen LogP contribution < -0.4 is 10.6 Å². The molecule has 0 atom stereocenters. The van der Waals surface area contributed by atoms with Gasteiger partial charge in [-0.2, -0.15) is 0 Å². The highest BCUT2D eigenvalue weighted by Crippen LogP contribution is 2.23. The van der Waals surface area contributed by atoms with Crippen LogP contribution in [0.15, 0.2) is 33.2 Å². The Morgan fingerprint density at radius 2 is 2.30 bits per heavy atom. The molecular weight excluding hydrogens is 272 g/mol. The van der Waals surface area contributed by atoms with Crippen LogP contribution in [0.5, 0.6) is 0 Å².